The van der Waals surface area contributed by atoms with Crippen LogP contribution in [-0.2, 0) is 9.53 Å². The van der Waals surface area contributed by atoms with E-state index in [2.05, 4.69) is 46.8 Å². The van der Waals surface area contributed by atoms with Gasteiger partial charge in [0.1, 0.15) is 5.76 Å². The number of fused-ring (bicyclic) bond motifs is 5. The molecule has 0 aromatic heterocycles. The molecule has 0 aromatic carbocycles. The normalized spacial score (nSPS) is 40.4. The smallest absolute Gasteiger partial charge is 0.307 e. The Morgan fingerprint density at radius 1 is 1.10 bits per heavy atom. The van der Waals surface area contributed by atoms with Gasteiger partial charge >= 0.3 is 5.97 Å². The second-order valence-corrected chi connectivity index (χ2v) is 12.4. The second-order valence-electron chi connectivity index (χ2n) is 12.4. The van der Waals surface area contributed by atoms with Crippen molar-refractivity contribution in [3.05, 3.63) is 23.5 Å². The lowest BCUT2D eigenvalue weighted by molar-refractivity contribution is -0.137. The summed E-state index contributed by atoms with van der Waals surface area (Å²) in [5, 5.41) is 0. The molecule has 2 nitrogen and oxygen atoms in total. The topological polar surface area (TPSA) is 26.3 Å². The molecule has 2 heteroatoms. The van der Waals surface area contributed by atoms with Crippen LogP contribution in [0.4, 0.5) is 0 Å². The van der Waals surface area contributed by atoms with E-state index in [0.29, 0.717) is 5.41 Å². The van der Waals surface area contributed by atoms with Gasteiger partial charge in [-0.05, 0) is 96.5 Å². The highest BCUT2D eigenvalue weighted by molar-refractivity contribution is 5.67. The van der Waals surface area contributed by atoms with Crippen molar-refractivity contribution in [2.45, 2.75) is 106 Å². The summed E-state index contributed by atoms with van der Waals surface area (Å²) in [5.74, 6) is 5.88. The van der Waals surface area contributed by atoms with Crippen LogP contribution in [0.1, 0.15) is 106 Å². The third-order valence-electron chi connectivity index (χ3n) is 10.2. The van der Waals surface area contributed by atoms with Gasteiger partial charge in [0.15, 0.2) is 0 Å². The van der Waals surface area contributed by atoms with Crippen LogP contribution in [0.25, 0.3) is 0 Å². The number of carbonyl (C=O) groups is 1. The van der Waals surface area contributed by atoms with Gasteiger partial charge in [-0.2, -0.15) is 0 Å². The van der Waals surface area contributed by atoms with Crippen molar-refractivity contribution in [1.29, 1.82) is 0 Å². The van der Waals surface area contributed by atoms with Gasteiger partial charge in [-0.3, -0.25) is 4.79 Å². The maximum Gasteiger partial charge on any atom is 0.307 e. The number of ether oxygens (including phenoxy) is 1. The fourth-order valence-electron chi connectivity index (χ4n) is 8.59. The molecule has 5 unspecified atom stereocenters. The van der Waals surface area contributed by atoms with E-state index >= 15 is 0 Å². The monoisotopic (exact) mass is 426 g/mol. The lowest BCUT2D eigenvalue weighted by atomic mass is 9.47. The fraction of sp³-hybridized carbons (Fsp3) is 0.828. The third-order valence-corrected chi connectivity index (χ3v) is 10.2. The van der Waals surface area contributed by atoms with Crippen LogP contribution in [0.15, 0.2) is 23.5 Å². The van der Waals surface area contributed by atoms with Crippen molar-refractivity contribution in [1.82, 2.24) is 0 Å². The molecule has 174 valence electrons. The minimum Gasteiger partial charge on any atom is -0.431 e. The van der Waals surface area contributed by atoms with Gasteiger partial charge in [0.2, 0.25) is 0 Å². The number of hydrogen-bond acceptors (Lipinski definition) is 2. The molecule has 0 aliphatic heterocycles. The van der Waals surface area contributed by atoms with E-state index in [0.717, 1.165) is 54.1 Å². The first-order valence-corrected chi connectivity index (χ1v) is 13.2. The lowest BCUT2D eigenvalue weighted by Crippen LogP contribution is -2.49. The third kappa shape index (κ3) is 4.18. The number of hydrogen-bond donors (Lipinski definition) is 0. The summed E-state index contributed by atoms with van der Waals surface area (Å²) in [6.45, 7) is 14.0. The summed E-state index contributed by atoms with van der Waals surface area (Å²) in [6.07, 6.45) is 17.9. The highest BCUT2D eigenvalue weighted by Gasteiger charge is 2.58. The zero-order valence-electron chi connectivity index (χ0n) is 21.0. The Bertz CT molecular complexity index is 746. The Kier molecular flexibility index (Phi) is 6.50. The average Bonchev–Trinajstić information content (AvgIpc) is 3.05. The van der Waals surface area contributed by atoms with Gasteiger partial charge in [0.05, 0.1) is 0 Å². The predicted octanol–water partition coefficient (Wildman–Crippen LogP) is 8.08. The van der Waals surface area contributed by atoms with E-state index in [1.807, 2.05) is 0 Å². The molecule has 4 aliphatic carbocycles. The van der Waals surface area contributed by atoms with E-state index in [1.54, 1.807) is 0 Å². The summed E-state index contributed by atoms with van der Waals surface area (Å²) in [4.78, 5) is 11.4. The molecule has 4 aliphatic rings. The van der Waals surface area contributed by atoms with E-state index in [4.69, 9.17) is 4.74 Å². The Morgan fingerprint density at radius 3 is 2.58 bits per heavy atom. The molecule has 0 amide bonds. The van der Waals surface area contributed by atoms with Gasteiger partial charge in [-0.15, -0.1) is 0 Å². The Hall–Kier alpha value is -1.05. The van der Waals surface area contributed by atoms with Crippen molar-refractivity contribution in [2.75, 3.05) is 0 Å². The maximum atomic E-state index is 11.4. The van der Waals surface area contributed by atoms with Crippen LogP contribution in [-0.4, -0.2) is 5.97 Å². The van der Waals surface area contributed by atoms with Crippen LogP contribution >= 0.6 is 0 Å². The van der Waals surface area contributed by atoms with Crippen LogP contribution < -0.4 is 0 Å². The molecule has 0 heterocycles. The van der Waals surface area contributed by atoms with Crippen LogP contribution in [0, 0.1) is 46.3 Å². The van der Waals surface area contributed by atoms with E-state index in [1.165, 1.54) is 63.9 Å². The van der Waals surface area contributed by atoms with Crippen molar-refractivity contribution in [2.24, 2.45) is 46.3 Å². The van der Waals surface area contributed by atoms with E-state index in [9.17, 15) is 4.79 Å². The zero-order valence-corrected chi connectivity index (χ0v) is 21.0. The Balaban J connectivity index is 1.50. The first kappa shape index (κ1) is 23.1. The summed E-state index contributed by atoms with van der Waals surface area (Å²) in [5.41, 5.74) is 2.28. The highest BCUT2D eigenvalue weighted by Crippen LogP contribution is 2.67. The van der Waals surface area contributed by atoms with Crippen molar-refractivity contribution in [3.8, 4) is 0 Å². The van der Waals surface area contributed by atoms with Gasteiger partial charge in [-0.1, -0.05) is 60.0 Å². The molecule has 7 atom stereocenters. The minimum absolute atomic E-state index is 0.183. The molecule has 2 fully saturated rings. The number of rotatable bonds is 6. The molecular weight excluding hydrogens is 380 g/mol. The largest absolute Gasteiger partial charge is 0.431 e. The molecule has 31 heavy (non-hydrogen) atoms. The van der Waals surface area contributed by atoms with Crippen molar-refractivity contribution in [3.63, 3.8) is 0 Å². The van der Waals surface area contributed by atoms with E-state index in [-0.39, 0.29) is 11.4 Å². The van der Waals surface area contributed by atoms with Gasteiger partial charge in [-0.25, -0.2) is 0 Å². The minimum atomic E-state index is -0.183. The maximum absolute atomic E-state index is 11.4. The van der Waals surface area contributed by atoms with Crippen LogP contribution in [0.5, 0.6) is 0 Å². The highest BCUT2D eigenvalue weighted by atomic mass is 16.5. The molecule has 0 saturated heterocycles. The Labute approximate surface area is 191 Å². The first-order chi connectivity index (χ1) is 14.6. The quantitative estimate of drug-likeness (QED) is 0.401. The van der Waals surface area contributed by atoms with Crippen LogP contribution in [0.2, 0.25) is 0 Å². The van der Waals surface area contributed by atoms with E-state index < -0.39 is 0 Å². The standard InChI is InChI=1S/C29H46O2/c1-19(2)8-7-9-20(3)25-12-13-26-24-11-10-22-18-23(31-21(4)30)14-16-28(22,5)27(24)15-17-29(25,26)6/h10,18-20,24-27H,7-9,11-17H2,1-6H3/t20?,24?,25?,26?,27?,28-,29+/m0/s1. The predicted molar refractivity (Wildman–Crippen MR) is 128 cm³/mol. The molecule has 2 saturated carbocycles. The first-order valence-electron chi connectivity index (χ1n) is 13.2. The molecular formula is C29H46O2. The average molecular weight is 427 g/mol. The molecule has 0 N–H and O–H groups in total. The molecule has 4 rings (SSSR count). The Morgan fingerprint density at radius 2 is 1.87 bits per heavy atom. The fourth-order valence-corrected chi connectivity index (χ4v) is 8.59. The molecule has 0 aromatic rings. The summed E-state index contributed by atoms with van der Waals surface area (Å²) in [6, 6.07) is 0. The summed E-state index contributed by atoms with van der Waals surface area (Å²) < 4.78 is 5.48. The number of carbonyl (C=O) groups excluding carboxylic acids is 1. The lowest BCUT2D eigenvalue weighted by Gasteiger charge is -2.57. The number of allylic oxidation sites excluding steroid dienone is 4. The summed E-state index contributed by atoms with van der Waals surface area (Å²) in [7, 11) is 0. The van der Waals surface area contributed by atoms with Crippen LogP contribution in [0.3, 0.4) is 0 Å². The van der Waals surface area contributed by atoms with Crippen molar-refractivity contribution < 1.29 is 9.53 Å². The van der Waals surface area contributed by atoms with Gasteiger partial charge < -0.3 is 4.74 Å². The summed E-state index contributed by atoms with van der Waals surface area (Å²) >= 11 is 0. The SMILES string of the molecule is CC(=O)OC1=CC2=CCC3C4CCC(C(C)CCCC(C)C)[C@@]4(C)CCC3[C@@]2(C)CC1. The number of esters is 1. The molecule has 0 bridgehead atoms. The molecule has 0 spiro atoms. The van der Waals surface area contributed by atoms with Gasteiger partial charge in [0.25, 0.3) is 0 Å². The second kappa shape index (κ2) is 8.71. The van der Waals surface area contributed by atoms with Gasteiger partial charge in [0, 0.05) is 13.3 Å². The molecule has 0 radical (unpaired) electrons. The van der Waals surface area contributed by atoms with Crippen molar-refractivity contribution >= 4 is 5.97 Å². The zero-order chi connectivity index (χ0) is 22.4.